The predicted molar refractivity (Wildman–Crippen MR) is 78.0 cm³/mol. The SMILES string of the molecule is CC1CC1c1ccc(CCC(=O)NCC(C)(C)C(=O)O)o1. The molecule has 0 aromatic carbocycles. The second-order valence-electron chi connectivity index (χ2n) is 6.59. The van der Waals surface area contributed by atoms with Gasteiger partial charge in [0.25, 0.3) is 0 Å². The lowest BCUT2D eigenvalue weighted by Crippen LogP contribution is -2.38. The molecule has 1 aromatic heterocycles. The number of hydrogen-bond acceptors (Lipinski definition) is 3. The van der Waals surface area contributed by atoms with Crippen molar-refractivity contribution in [1.82, 2.24) is 5.32 Å². The van der Waals surface area contributed by atoms with Crippen molar-refractivity contribution >= 4 is 11.9 Å². The summed E-state index contributed by atoms with van der Waals surface area (Å²) in [5, 5.41) is 11.6. The van der Waals surface area contributed by atoms with Gasteiger partial charge in [0.2, 0.25) is 5.91 Å². The summed E-state index contributed by atoms with van der Waals surface area (Å²) in [6, 6.07) is 3.92. The molecule has 21 heavy (non-hydrogen) atoms. The lowest BCUT2D eigenvalue weighted by molar-refractivity contribution is -0.146. The van der Waals surface area contributed by atoms with Gasteiger partial charge in [-0.3, -0.25) is 9.59 Å². The Morgan fingerprint density at radius 3 is 2.67 bits per heavy atom. The van der Waals surface area contributed by atoms with E-state index in [1.54, 1.807) is 13.8 Å². The van der Waals surface area contributed by atoms with Crippen LogP contribution < -0.4 is 5.32 Å². The summed E-state index contributed by atoms with van der Waals surface area (Å²) >= 11 is 0. The van der Waals surface area contributed by atoms with Gasteiger partial charge in [0, 0.05) is 25.3 Å². The average Bonchev–Trinajstić information content (AvgIpc) is 2.97. The Labute approximate surface area is 124 Å². The standard InChI is InChI=1S/C16H23NO4/c1-10-8-12(10)13-6-4-11(21-13)5-7-14(18)17-9-16(2,3)15(19)20/h4,6,10,12H,5,7-9H2,1-3H3,(H,17,18)(H,19,20). The number of carboxylic acids is 1. The highest BCUT2D eigenvalue weighted by Crippen LogP contribution is 2.47. The Hall–Kier alpha value is -1.78. The van der Waals surface area contributed by atoms with E-state index in [4.69, 9.17) is 9.52 Å². The highest BCUT2D eigenvalue weighted by atomic mass is 16.4. The number of amides is 1. The summed E-state index contributed by atoms with van der Waals surface area (Å²) in [4.78, 5) is 22.7. The van der Waals surface area contributed by atoms with E-state index < -0.39 is 11.4 Å². The number of carbonyl (C=O) groups excluding carboxylic acids is 1. The first kappa shape index (κ1) is 15.6. The largest absolute Gasteiger partial charge is 0.481 e. The number of carbonyl (C=O) groups is 2. The number of aryl methyl sites for hydroxylation is 1. The molecule has 2 atom stereocenters. The zero-order valence-corrected chi connectivity index (χ0v) is 12.8. The van der Waals surface area contributed by atoms with Gasteiger partial charge in [0.1, 0.15) is 11.5 Å². The first-order chi connectivity index (χ1) is 9.79. The molecule has 1 fully saturated rings. The minimum atomic E-state index is -0.949. The third-order valence-electron chi connectivity index (χ3n) is 4.06. The number of hydrogen-bond donors (Lipinski definition) is 2. The van der Waals surface area contributed by atoms with Crippen molar-refractivity contribution in [3.05, 3.63) is 23.7 Å². The average molecular weight is 293 g/mol. The van der Waals surface area contributed by atoms with E-state index in [1.165, 1.54) is 6.42 Å². The molecule has 1 saturated carbocycles. The van der Waals surface area contributed by atoms with E-state index in [-0.39, 0.29) is 12.5 Å². The van der Waals surface area contributed by atoms with E-state index in [0.717, 1.165) is 11.5 Å². The Kier molecular flexibility index (Phi) is 4.40. The van der Waals surface area contributed by atoms with Crippen LogP contribution in [0.25, 0.3) is 0 Å². The number of aliphatic carboxylic acids is 1. The maximum absolute atomic E-state index is 11.7. The van der Waals surface area contributed by atoms with E-state index in [0.29, 0.717) is 24.7 Å². The molecule has 1 aromatic rings. The smallest absolute Gasteiger partial charge is 0.310 e. The minimum Gasteiger partial charge on any atom is -0.481 e. The van der Waals surface area contributed by atoms with Crippen LogP contribution in [0.3, 0.4) is 0 Å². The zero-order valence-electron chi connectivity index (χ0n) is 12.8. The lowest BCUT2D eigenvalue weighted by Gasteiger charge is -2.19. The molecule has 5 nitrogen and oxygen atoms in total. The summed E-state index contributed by atoms with van der Waals surface area (Å²) in [6.07, 6.45) is 2.03. The predicted octanol–water partition coefficient (Wildman–Crippen LogP) is 2.56. The normalized spacial score (nSPS) is 21.1. The van der Waals surface area contributed by atoms with Crippen LogP contribution in [-0.2, 0) is 16.0 Å². The Balaban J connectivity index is 1.74. The first-order valence-corrected chi connectivity index (χ1v) is 7.38. The molecular formula is C16H23NO4. The van der Waals surface area contributed by atoms with Crippen molar-refractivity contribution in [1.29, 1.82) is 0 Å². The van der Waals surface area contributed by atoms with Crippen LogP contribution in [0.4, 0.5) is 0 Å². The van der Waals surface area contributed by atoms with Crippen molar-refractivity contribution in [2.75, 3.05) is 6.54 Å². The molecule has 1 aliphatic rings. The Morgan fingerprint density at radius 2 is 2.10 bits per heavy atom. The molecular weight excluding hydrogens is 270 g/mol. The van der Waals surface area contributed by atoms with Crippen LogP contribution in [-0.4, -0.2) is 23.5 Å². The van der Waals surface area contributed by atoms with Crippen molar-refractivity contribution in [3.63, 3.8) is 0 Å². The fourth-order valence-corrected chi connectivity index (χ4v) is 2.17. The maximum atomic E-state index is 11.7. The topological polar surface area (TPSA) is 79.5 Å². The van der Waals surface area contributed by atoms with E-state index in [9.17, 15) is 9.59 Å². The monoisotopic (exact) mass is 293 g/mol. The van der Waals surface area contributed by atoms with Gasteiger partial charge in [-0.25, -0.2) is 0 Å². The van der Waals surface area contributed by atoms with Crippen LogP contribution in [0.5, 0.6) is 0 Å². The summed E-state index contributed by atoms with van der Waals surface area (Å²) in [6.45, 7) is 5.51. The molecule has 0 aliphatic heterocycles. The second-order valence-corrected chi connectivity index (χ2v) is 6.59. The zero-order chi connectivity index (χ0) is 15.6. The summed E-state index contributed by atoms with van der Waals surface area (Å²) < 4.78 is 5.74. The molecule has 1 amide bonds. The third-order valence-corrected chi connectivity index (χ3v) is 4.06. The van der Waals surface area contributed by atoms with E-state index in [2.05, 4.69) is 12.2 Å². The molecule has 116 valence electrons. The quantitative estimate of drug-likeness (QED) is 0.809. The summed E-state index contributed by atoms with van der Waals surface area (Å²) in [7, 11) is 0. The van der Waals surface area contributed by atoms with Crippen molar-refractivity contribution in [3.8, 4) is 0 Å². The minimum absolute atomic E-state index is 0.129. The number of rotatable bonds is 7. The molecule has 0 saturated heterocycles. The van der Waals surface area contributed by atoms with E-state index >= 15 is 0 Å². The van der Waals surface area contributed by atoms with Gasteiger partial charge in [-0.1, -0.05) is 6.92 Å². The molecule has 0 radical (unpaired) electrons. The Bertz CT molecular complexity index is 532. The summed E-state index contributed by atoms with van der Waals surface area (Å²) in [5.41, 5.74) is -0.949. The molecule has 2 unspecified atom stereocenters. The maximum Gasteiger partial charge on any atom is 0.310 e. The van der Waals surface area contributed by atoms with Crippen LogP contribution in [0, 0.1) is 11.3 Å². The van der Waals surface area contributed by atoms with Gasteiger partial charge in [-0.2, -0.15) is 0 Å². The van der Waals surface area contributed by atoms with Gasteiger partial charge in [0.05, 0.1) is 5.41 Å². The lowest BCUT2D eigenvalue weighted by atomic mass is 9.94. The van der Waals surface area contributed by atoms with Crippen molar-refractivity contribution in [2.24, 2.45) is 11.3 Å². The number of carboxylic acid groups (broad SMARTS) is 1. The van der Waals surface area contributed by atoms with Gasteiger partial charge in [-0.05, 0) is 38.3 Å². The van der Waals surface area contributed by atoms with Crippen LogP contribution >= 0.6 is 0 Å². The molecule has 2 rings (SSSR count). The highest BCUT2D eigenvalue weighted by Gasteiger charge is 2.36. The van der Waals surface area contributed by atoms with Crippen molar-refractivity contribution in [2.45, 2.75) is 46.0 Å². The van der Waals surface area contributed by atoms with Gasteiger partial charge < -0.3 is 14.8 Å². The fraction of sp³-hybridized carbons (Fsp3) is 0.625. The van der Waals surface area contributed by atoms with Gasteiger partial charge in [0.15, 0.2) is 0 Å². The van der Waals surface area contributed by atoms with E-state index in [1.807, 2.05) is 12.1 Å². The number of furan rings is 1. The molecule has 1 heterocycles. The fourth-order valence-electron chi connectivity index (χ4n) is 2.17. The highest BCUT2D eigenvalue weighted by molar-refractivity contribution is 5.78. The Morgan fingerprint density at radius 1 is 1.43 bits per heavy atom. The van der Waals surface area contributed by atoms with Crippen LogP contribution in [0.15, 0.2) is 16.5 Å². The third kappa shape index (κ3) is 4.09. The molecule has 0 bridgehead atoms. The summed E-state index contributed by atoms with van der Waals surface area (Å²) in [5.74, 6) is 2.01. The van der Waals surface area contributed by atoms with Crippen molar-refractivity contribution < 1.29 is 19.1 Å². The van der Waals surface area contributed by atoms with Crippen LogP contribution in [0.2, 0.25) is 0 Å². The first-order valence-electron chi connectivity index (χ1n) is 7.38. The molecule has 5 heteroatoms. The van der Waals surface area contributed by atoms with Gasteiger partial charge >= 0.3 is 5.97 Å². The second kappa shape index (κ2) is 5.92. The van der Waals surface area contributed by atoms with Gasteiger partial charge in [-0.15, -0.1) is 0 Å². The van der Waals surface area contributed by atoms with Crippen LogP contribution in [0.1, 0.15) is 51.1 Å². The molecule has 0 spiro atoms. The molecule has 1 aliphatic carbocycles. The number of nitrogens with one attached hydrogen (secondary N) is 1. The molecule has 2 N–H and O–H groups in total.